The van der Waals surface area contributed by atoms with E-state index in [0.717, 1.165) is 12.0 Å². The number of benzene rings is 1. The summed E-state index contributed by atoms with van der Waals surface area (Å²) in [5, 5.41) is 2.01. The number of hydrogen-bond acceptors (Lipinski definition) is 2. The summed E-state index contributed by atoms with van der Waals surface area (Å²) in [4.78, 5) is 13.1. The first kappa shape index (κ1) is 15.6. The molecule has 2 heteroatoms. The molecule has 1 aliphatic carbocycles. The van der Waals surface area contributed by atoms with Crippen molar-refractivity contribution in [3.05, 3.63) is 57.3 Å². The molecule has 1 heterocycles. The summed E-state index contributed by atoms with van der Waals surface area (Å²) < 4.78 is 0. The highest BCUT2D eigenvalue weighted by Gasteiger charge is 2.19. The number of carbonyl (C=O) groups is 1. The van der Waals surface area contributed by atoms with E-state index in [2.05, 4.69) is 12.1 Å². The summed E-state index contributed by atoms with van der Waals surface area (Å²) in [6.07, 6.45) is 1.47. The molecule has 0 N–H and O–H groups in total. The Hall–Kier alpha value is -1.41. The first-order valence-electron chi connectivity index (χ1n) is 7.01. The maximum atomic E-state index is 11.9. The fourth-order valence-electron chi connectivity index (χ4n) is 2.07. The highest BCUT2D eigenvalue weighted by Crippen LogP contribution is 2.27. The highest BCUT2D eigenvalue weighted by atomic mass is 32.1. The molecule has 0 amide bonds. The summed E-state index contributed by atoms with van der Waals surface area (Å²) in [6, 6.07) is 10.2. The molecular formula is C17H22OS. The van der Waals surface area contributed by atoms with E-state index in [-0.39, 0.29) is 5.78 Å². The van der Waals surface area contributed by atoms with Crippen LogP contribution in [0.2, 0.25) is 0 Å². The molecule has 2 aromatic rings. The molecule has 1 aromatic heterocycles. The van der Waals surface area contributed by atoms with Crippen molar-refractivity contribution in [3.63, 3.8) is 0 Å². The zero-order chi connectivity index (χ0) is 14.3. The van der Waals surface area contributed by atoms with Crippen LogP contribution in [0.4, 0.5) is 0 Å². The van der Waals surface area contributed by atoms with Crippen LogP contribution in [0, 0.1) is 0 Å². The third-order valence-corrected chi connectivity index (χ3v) is 3.79. The van der Waals surface area contributed by atoms with Gasteiger partial charge in [-0.25, -0.2) is 0 Å². The molecule has 0 bridgehead atoms. The summed E-state index contributed by atoms with van der Waals surface area (Å²) >= 11 is 1.69. The minimum atomic E-state index is 0.260. The van der Waals surface area contributed by atoms with Crippen LogP contribution in [-0.2, 0) is 12.8 Å². The van der Waals surface area contributed by atoms with Crippen molar-refractivity contribution in [1.29, 1.82) is 0 Å². The maximum Gasteiger partial charge on any atom is 0.168 e. The molecule has 0 saturated heterocycles. The van der Waals surface area contributed by atoms with Gasteiger partial charge in [0.2, 0.25) is 0 Å². The Bertz CT molecular complexity index is 526. The Morgan fingerprint density at radius 1 is 0.895 bits per heavy atom. The van der Waals surface area contributed by atoms with Gasteiger partial charge in [0.05, 0.1) is 0 Å². The van der Waals surface area contributed by atoms with Crippen molar-refractivity contribution in [1.82, 2.24) is 0 Å². The van der Waals surface area contributed by atoms with Gasteiger partial charge in [-0.05, 0) is 22.6 Å². The van der Waals surface area contributed by atoms with E-state index in [1.807, 2.05) is 51.3 Å². The van der Waals surface area contributed by atoms with E-state index >= 15 is 0 Å². The molecule has 0 spiro atoms. The summed E-state index contributed by atoms with van der Waals surface area (Å²) in [7, 11) is 0. The van der Waals surface area contributed by atoms with Crippen LogP contribution < -0.4 is 0 Å². The smallest absolute Gasteiger partial charge is 0.168 e. The average Bonchev–Trinajstić information content (AvgIpc) is 2.89. The second-order valence-corrected chi connectivity index (χ2v) is 4.80. The molecule has 0 saturated carbocycles. The van der Waals surface area contributed by atoms with Crippen molar-refractivity contribution in [2.24, 2.45) is 0 Å². The maximum absolute atomic E-state index is 11.9. The van der Waals surface area contributed by atoms with Gasteiger partial charge >= 0.3 is 0 Å². The largest absolute Gasteiger partial charge is 0.294 e. The Labute approximate surface area is 120 Å². The number of thiophene rings is 1. The van der Waals surface area contributed by atoms with Gasteiger partial charge in [0.1, 0.15) is 0 Å². The van der Waals surface area contributed by atoms with Crippen LogP contribution in [0.3, 0.4) is 0 Å². The second-order valence-electron chi connectivity index (χ2n) is 3.80. The molecule has 1 aliphatic rings. The fourth-order valence-corrected chi connectivity index (χ4v) is 2.99. The first-order valence-corrected chi connectivity index (χ1v) is 7.89. The van der Waals surface area contributed by atoms with E-state index < -0.39 is 0 Å². The van der Waals surface area contributed by atoms with Gasteiger partial charge in [-0.3, -0.25) is 4.79 Å². The molecule has 0 aliphatic heterocycles. The number of Topliss-reactive ketones (excluding diaryl/α,β-unsaturated/α-hetero) is 1. The van der Waals surface area contributed by atoms with Crippen LogP contribution in [0.25, 0.3) is 0 Å². The molecule has 0 atom stereocenters. The molecule has 3 rings (SSSR count). The number of fused-ring (bicyclic) bond motifs is 2. The third kappa shape index (κ3) is 3.54. The van der Waals surface area contributed by atoms with Crippen molar-refractivity contribution in [3.8, 4) is 0 Å². The number of carbonyl (C=O) groups excluding carboxylic acids is 1. The molecule has 1 nitrogen and oxygen atoms in total. The van der Waals surface area contributed by atoms with E-state index in [1.165, 1.54) is 16.0 Å². The molecule has 0 radical (unpaired) electrons. The minimum absolute atomic E-state index is 0.260. The monoisotopic (exact) mass is 274 g/mol. The first-order chi connectivity index (χ1) is 9.34. The van der Waals surface area contributed by atoms with Gasteiger partial charge in [-0.15, -0.1) is 11.3 Å². The van der Waals surface area contributed by atoms with Gasteiger partial charge < -0.3 is 0 Å². The predicted molar refractivity (Wildman–Crippen MR) is 84.3 cm³/mol. The zero-order valence-corrected chi connectivity index (χ0v) is 13.0. The van der Waals surface area contributed by atoms with Gasteiger partial charge in [0.15, 0.2) is 5.78 Å². The Kier molecular flexibility index (Phi) is 6.51. The lowest BCUT2D eigenvalue weighted by Crippen LogP contribution is -2.01. The second kappa shape index (κ2) is 7.90. The standard InChI is InChI=1S/C13H10OS.2C2H6/c14-12-7-9-3-1-2-4-10(9)8-13-11(12)5-6-15-13;2*1-2/h1-6H,7-8H2;2*1-2H3. The highest BCUT2D eigenvalue weighted by molar-refractivity contribution is 7.10. The molecular weight excluding hydrogens is 252 g/mol. The quantitative estimate of drug-likeness (QED) is 0.651. The number of ketones is 1. The lowest BCUT2D eigenvalue weighted by Gasteiger charge is -2.02. The van der Waals surface area contributed by atoms with E-state index in [9.17, 15) is 4.79 Å². The Morgan fingerprint density at radius 3 is 2.11 bits per heavy atom. The van der Waals surface area contributed by atoms with E-state index in [4.69, 9.17) is 0 Å². The zero-order valence-electron chi connectivity index (χ0n) is 12.2. The van der Waals surface area contributed by atoms with Gasteiger partial charge in [-0.2, -0.15) is 0 Å². The summed E-state index contributed by atoms with van der Waals surface area (Å²) in [6.45, 7) is 8.00. The average molecular weight is 274 g/mol. The van der Waals surface area contributed by atoms with Gasteiger partial charge in [-0.1, -0.05) is 52.0 Å². The fraction of sp³-hybridized carbons (Fsp3) is 0.353. The number of rotatable bonds is 0. The SMILES string of the molecule is CC.CC.O=C1Cc2ccccc2Cc2sccc21. The van der Waals surface area contributed by atoms with Crippen LogP contribution in [0.1, 0.15) is 54.1 Å². The molecule has 0 fully saturated rings. The lowest BCUT2D eigenvalue weighted by molar-refractivity contribution is 0.0993. The lowest BCUT2D eigenvalue weighted by atomic mass is 10.0. The normalized spacial score (nSPS) is 11.9. The van der Waals surface area contributed by atoms with E-state index in [0.29, 0.717) is 6.42 Å². The Morgan fingerprint density at radius 2 is 1.47 bits per heavy atom. The van der Waals surface area contributed by atoms with Crippen LogP contribution >= 0.6 is 11.3 Å². The third-order valence-electron chi connectivity index (χ3n) is 2.87. The minimum Gasteiger partial charge on any atom is -0.294 e. The van der Waals surface area contributed by atoms with Crippen molar-refractivity contribution in [2.45, 2.75) is 40.5 Å². The van der Waals surface area contributed by atoms with Crippen LogP contribution in [0.5, 0.6) is 0 Å². The summed E-state index contributed by atoms with van der Waals surface area (Å²) in [5.74, 6) is 0.260. The Balaban J connectivity index is 0.000000415. The molecule has 19 heavy (non-hydrogen) atoms. The van der Waals surface area contributed by atoms with Crippen molar-refractivity contribution >= 4 is 17.1 Å². The van der Waals surface area contributed by atoms with Gasteiger partial charge in [0.25, 0.3) is 0 Å². The van der Waals surface area contributed by atoms with Crippen molar-refractivity contribution in [2.75, 3.05) is 0 Å². The summed E-state index contributed by atoms with van der Waals surface area (Å²) in [5.41, 5.74) is 3.41. The predicted octanol–water partition coefficient (Wildman–Crippen LogP) is 5.13. The molecule has 0 unspecified atom stereocenters. The molecule has 102 valence electrons. The van der Waals surface area contributed by atoms with Gasteiger partial charge in [0, 0.05) is 23.3 Å². The van der Waals surface area contributed by atoms with Crippen LogP contribution in [0.15, 0.2) is 35.7 Å². The molecule has 1 aromatic carbocycles. The topological polar surface area (TPSA) is 17.1 Å². The number of hydrogen-bond donors (Lipinski definition) is 0. The van der Waals surface area contributed by atoms with Crippen molar-refractivity contribution < 1.29 is 4.79 Å². The van der Waals surface area contributed by atoms with E-state index in [1.54, 1.807) is 11.3 Å². The van der Waals surface area contributed by atoms with Crippen LogP contribution in [-0.4, -0.2) is 5.78 Å².